The van der Waals surface area contributed by atoms with Crippen LogP contribution in [0.4, 0.5) is 0 Å². The Balaban J connectivity index is 2.52. The van der Waals surface area contributed by atoms with Gasteiger partial charge in [0, 0.05) is 36.0 Å². The number of aryl methyl sites for hydroxylation is 3. The van der Waals surface area contributed by atoms with Gasteiger partial charge in [0.1, 0.15) is 5.75 Å². The van der Waals surface area contributed by atoms with Crippen molar-refractivity contribution in [3.63, 3.8) is 0 Å². The summed E-state index contributed by atoms with van der Waals surface area (Å²) in [6.07, 6.45) is 6.29. The van der Waals surface area contributed by atoms with Gasteiger partial charge in [0.15, 0.2) is 0 Å². The molecule has 1 aromatic carbocycles. The third-order valence-corrected chi connectivity index (χ3v) is 4.71. The largest absolute Gasteiger partial charge is 0.491 e. The number of nitrogens with one attached hydrogen (secondary N) is 1. The van der Waals surface area contributed by atoms with Crippen LogP contribution in [0.25, 0.3) is 11.3 Å². The first-order chi connectivity index (χ1) is 13.0. The molecule has 0 spiro atoms. The van der Waals surface area contributed by atoms with E-state index in [-0.39, 0.29) is 6.10 Å². The van der Waals surface area contributed by atoms with Gasteiger partial charge in [0.25, 0.3) is 0 Å². The number of ether oxygens (including phenoxy) is 1. The molecule has 0 bridgehead atoms. The van der Waals surface area contributed by atoms with Crippen molar-refractivity contribution in [2.45, 2.75) is 67.0 Å². The molecule has 1 aromatic heterocycles. The molecule has 3 heteroatoms. The van der Waals surface area contributed by atoms with E-state index in [9.17, 15) is 0 Å². The molecule has 0 unspecified atom stereocenters. The quantitative estimate of drug-likeness (QED) is 0.461. The summed E-state index contributed by atoms with van der Waals surface area (Å²) < 4.78 is 6.19. The zero-order valence-corrected chi connectivity index (χ0v) is 17.7. The van der Waals surface area contributed by atoms with Crippen LogP contribution in [0.3, 0.4) is 0 Å². The van der Waals surface area contributed by atoms with Gasteiger partial charge in [-0.3, -0.25) is 4.98 Å². The number of nitrogens with zero attached hydrogens (tertiary/aromatic N) is 1. The molecule has 0 radical (unpaired) electrons. The second-order valence-electron chi connectivity index (χ2n) is 7.09. The van der Waals surface area contributed by atoms with Crippen LogP contribution in [0.2, 0.25) is 0 Å². The number of aromatic nitrogens is 1. The van der Waals surface area contributed by atoms with E-state index in [1.807, 2.05) is 6.92 Å². The molecule has 0 aliphatic rings. The summed E-state index contributed by atoms with van der Waals surface area (Å²) in [5.74, 6) is 0.938. The first-order valence-electron chi connectivity index (χ1n) is 10.1. The number of rotatable bonds is 9. The first kappa shape index (κ1) is 21.2. The highest BCUT2D eigenvalue weighted by atomic mass is 16.5. The lowest BCUT2D eigenvalue weighted by Gasteiger charge is -2.20. The van der Waals surface area contributed by atoms with Gasteiger partial charge >= 0.3 is 0 Å². The van der Waals surface area contributed by atoms with Crippen LogP contribution in [-0.2, 0) is 19.4 Å². The molecule has 0 saturated carbocycles. The van der Waals surface area contributed by atoms with E-state index in [0.717, 1.165) is 48.6 Å². The van der Waals surface area contributed by atoms with Crippen molar-refractivity contribution >= 4 is 0 Å². The molecule has 146 valence electrons. The molecule has 2 rings (SSSR count). The van der Waals surface area contributed by atoms with Gasteiger partial charge in [-0.25, -0.2) is 0 Å². The molecule has 3 nitrogen and oxygen atoms in total. The zero-order chi connectivity index (χ0) is 19.8. The number of hydrogen-bond donors (Lipinski definition) is 1. The topological polar surface area (TPSA) is 34.1 Å². The van der Waals surface area contributed by atoms with Gasteiger partial charge in [-0.2, -0.15) is 0 Å². The van der Waals surface area contributed by atoms with Crippen LogP contribution in [0.15, 0.2) is 36.4 Å². The summed E-state index contributed by atoms with van der Waals surface area (Å²) in [6, 6.07) is 8.70. The Morgan fingerprint density at radius 3 is 2.37 bits per heavy atom. The van der Waals surface area contributed by atoms with E-state index < -0.39 is 0 Å². The third kappa shape index (κ3) is 5.43. The maximum atomic E-state index is 6.19. The third-order valence-electron chi connectivity index (χ3n) is 4.71. The Kier molecular flexibility index (Phi) is 8.05. The molecular weight excluding hydrogens is 332 g/mol. The summed E-state index contributed by atoms with van der Waals surface area (Å²) in [4.78, 5) is 4.99. The predicted octanol–water partition coefficient (Wildman–Crippen LogP) is 5.63. The normalized spacial score (nSPS) is 11.5. The van der Waals surface area contributed by atoms with E-state index in [2.05, 4.69) is 76.4 Å². The Bertz CT molecular complexity index is 756. The van der Waals surface area contributed by atoms with Gasteiger partial charge in [0.2, 0.25) is 0 Å². The molecule has 0 atom stereocenters. The first-order valence-corrected chi connectivity index (χ1v) is 10.1. The van der Waals surface area contributed by atoms with Crippen molar-refractivity contribution < 1.29 is 4.74 Å². The Morgan fingerprint density at radius 1 is 1.15 bits per heavy atom. The second-order valence-corrected chi connectivity index (χ2v) is 7.09. The minimum absolute atomic E-state index is 0.126. The van der Waals surface area contributed by atoms with E-state index in [1.165, 1.54) is 16.7 Å². The molecule has 0 fully saturated rings. The second kappa shape index (κ2) is 10.3. The maximum absolute atomic E-state index is 6.19. The number of hydrogen-bond acceptors (Lipinski definition) is 3. The van der Waals surface area contributed by atoms with Crippen molar-refractivity contribution in [2.24, 2.45) is 0 Å². The number of allylic oxidation sites excluding steroid dienone is 1. The smallest absolute Gasteiger partial charge is 0.128 e. The fraction of sp³-hybridized carbons (Fsp3) is 0.458. The van der Waals surface area contributed by atoms with Gasteiger partial charge < -0.3 is 10.1 Å². The highest BCUT2D eigenvalue weighted by Gasteiger charge is 2.16. The van der Waals surface area contributed by atoms with Gasteiger partial charge in [0.05, 0.1) is 11.8 Å². The van der Waals surface area contributed by atoms with Crippen LogP contribution in [0.1, 0.15) is 57.0 Å². The molecule has 0 aliphatic carbocycles. The Hall–Kier alpha value is -2.13. The van der Waals surface area contributed by atoms with E-state index in [0.29, 0.717) is 0 Å². The van der Waals surface area contributed by atoms with Gasteiger partial charge in [-0.15, -0.1) is 0 Å². The van der Waals surface area contributed by atoms with Crippen LogP contribution >= 0.6 is 0 Å². The summed E-state index contributed by atoms with van der Waals surface area (Å²) in [5.41, 5.74) is 7.15. The molecular formula is C24H34N2O. The summed E-state index contributed by atoms with van der Waals surface area (Å²) >= 11 is 0. The SMILES string of the molecule is CC=CCNCc1c(OC(C)C)cc(-c2c(CC)cccc2CC)nc1C. The van der Waals surface area contributed by atoms with Crippen molar-refractivity contribution in [1.82, 2.24) is 10.3 Å². The molecule has 0 amide bonds. The predicted molar refractivity (Wildman–Crippen MR) is 115 cm³/mol. The van der Waals surface area contributed by atoms with Crippen molar-refractivity contribution in [3.8, 4) is 17.0 Å². The summed E-state index contributed by atoms with van der Waals surface area (Å²) in [5, 5.41) is 3.45. The minimum Gasteiger partial charge on any atom is -0.491 e. The summed E-state index contributed by atoms with van der Waals surface area (Å²) in [6.45, 7) is 14.3. The van der Waals surface area contributed by atoms with Crippen molar-refractivity contribution in [1.29, 1.82) is 0 Å². The standard InChI is InChI=1S/C24H34N2O/c1-7-10-14-25-16-21-18(6)26-22(15-23(21)27-17(4)5)24-19(8-2)12-11-13-20(24)9-3/h7,10-13,15,17,25H,8-9,14,16H2,1-6H3. The minimum atomic E-state index is 0.126. The van der Waals surface area contributed by atoms with Gasteiger partial charge in [-0.05, 0) is 51.7 Å². The monoisotopic (exact) mass is 366 g/mol. The molecule has 1 heterocycles. The van der Waals surface area contributed by atoms with Gasteiger partial charge in [-0.1, -0.05) is 44.2 Å². The average molecular weight is 367 g/mol. The zero-order valence-electron chi connectivity index (χ0n) is 17.7. The lowest BCUT2D eigenvalue weighted by molar-refractivity contribution is 0.239. The van der Waals surface area contributed by atoms with Crippen LogP contribution in [-0.4, -0.2) is 17.6 Å². The molecule has 2 aromatic rings. The number of pyridine rings is 1. The van der Waals surface area contributed by atoms with E-state index >= 15 is 0 Å². The fourth-order valence-electron chi connectivity index (χ4n) is 3.34. The van der Waals surface area contributed by atoms with Crippen molar-refractivity contribution in [3.05, 3.63) is 58.8 Å². The highest BCUT2D eigenvalue weighted by Crippen LogP contribution is 2.33. The summed E-state index contributed by atoms with van der Waals surface area (Å²) in [7, 11) is 0. The fourth-order valence-corrected chi connectivity index (χ4v) is 3.34. The average Bonchev–Trinajstić information content (AvgIpc) is 2.65. The van der Waals surface area contributed by atoms with E-state index in [4.69, 9.17) is 9.72 Å². The van der Waals surface area contributed by atoms with Crippen LogP contribution < -0.4 is 10.1 Å². The number of benzene rings is 1. The maximum Gasteiger partial charge on any atom is 0.128 e. The van der Waals surface area contributed by atoms with Crippen LogP contribution in [0.5, 0.6) is 5.75 Å². The van der Waals surface area contributed by atoms with Crippen molar-refractivity contribution in [2.75, 3.05) is 6.54 Å². The lowest BCUT2D eigenvalue weighted by atomic mass is 9.94. The highest BCUT2D eigenvalue weighted by molar-refractivity contribution is 5.70. The van der Waals surface area contributed by atoms with Crippen LogP contribution in [0, 0.1) is 6.92 Å². The molecule has 0 saturated heterocycles. The molecule has 1 N–H and O–H groups in total. The Morgan fingerprint density at radius 2 is 1.81 bits per heavy atom. The molecule has 0 aliphatic heterocycles. The molecule has 27 heavy (non-hydrogen) atoms. The lowest BCUT2D eigenvalue weighted by Crippen LogP contribution is -2.17. The van der Waals surface area contributed by atoms with E-state index in [1.54, 1.807) is 0 Å². The Labute approximate surface area is 164 Å².